The van der Waals surface area contributed by atoms with Crippen molar-refractivity contribution in [1.29, 1.82) is 0 Å². The zero-order valence-corrected chi connectivity index (χ0v) is 9.68. The molecule has 0 unspecified atom stereocenters. The van der Waals surface area contributed by atoms with Crippen LogP contribution in [0.1, 0.15) is 5.56 Å². The molecular formula is C11H14Cl2O. The first-order chi connectivity index (χ1) is 6.80. The van der Waals surface area contributed by atoms with Crippen LogP contribution < -0.4 is 4.74 Å². The largest absolute Gasteiger partial charge is 0.497 e. The third-order valence-electron chi connectivity index (χ3n) is 2.09. The van der Waals surface area contributed by atoms with Crippen LogP contribution in [-0.4, -0.2) is 18.9 Å². The molecular weight excluding hydrogens is 219 g/mol. The van der Waals surface area contributed by atoms with Gasteiger partial charge in [-0.3, -0.25) is 0 Å². The van der Waals surface area contributed by atoms with Gasteiger partial charge in [-0.05, 0) is 30.0 Å². The minimum Gasteiger partial charge on any atom is -0.497 e. The number of rotatable bonds is 5. The molecule has 1 nitrogen and oxygen atoms in total. The standard InChI is InChI=1S/C11H14Cl2O/c1-14-11-4-2-3-9(6-11)5-10(7-12)8-13/h2-4,6,10H,5,7-8H2,1H3. The molecule has 1 rings (SSSR count). The molecule has 3 heteroatoms. The van der Waals surface area contributed by atoms with Gasteiger partial charge in [0.15, 0.2) is 0 Å². The zero-order valence-electron chi connectivity index (χ0n) is 8.17. The van der Waals surface area contributed by atoms with Gasteiger partial charge in [-0.15, -0.1) is 23.2 Å². The van der Waals surface area contributed by atoms with Gasteiger partial charge in [-0.2, -0.15) is 0 Å². The molecule has 0 spiro atoms. The first kappa shape index (κ1) is 11.7. The zero-order chi connectivity index (χ0) is 10.4. The lowest BCUT2D eigenvalue weighted by molar-refractivity contribution is 0.414. The molecule has 1 aromatic carbocycles. The monoisotopic (exact) mass is 232 g/mol. The van der Waals surface area contributed by atoms with Crippen molar-refractivity contribution in [1.82, 2.24) is 0 Å². The fourth-order valence-corrected chi connectivity index (χ4v) is 1.83. The molecule has 0 heterocycles. The Morgan fingerprint density at radius 1 is 1.29 bits per heavy atom. The maximum absolute atomic E-state index is 5.78. The third kappa shape index (κ3) is 3.39. The van der Waals surface area contributed by atoms with E-state index in [0.29, 0.717) is 17.7 Å². The number of alkyl halides is 2. The van der Waals surface area contributed by atoms with Gasteiger partial charge >= 0.3 is 0 Å². The Bertz CT molecular complexity index is 272. The molecule has 78 valence electrons. The van der Waals surface area contributed by atoms with E-state index in [1.165, 1.54) is 5.56 Å². The van der Waals surface area contributed by atoms with Gasteiger partial charge in [-0.1, -0.05) is 12.1 Å². The van der Waals surface area contributed by atoms with Gasteiger partial charge in [0, 0.05) is 11.8 Å². The van der Waals surface area contributed by atoms with Crippen molar-refractivity contribution in [2.24, 2.45) is 5.92 Å². The third-order valence-corrected chi connectivity index (χ3v) is 2.97. The maximum atomic E-state index is 5.78. The molecule has 0 aliphatic rings. The molecule has 14 heavy (non-hydrogen) atoms. The summed E-state index contributed by atoms with van der Waals surface area (Å²) < 4.78 is 5.14. The van der Waals surface area contributed by atoms with E-state index in [1.54, 1.807) is 7.11 Å². The highest BCUT2D eigenvalue weighted by atomic mass is 35.5. The second-order valence-corrected chi connectivity index (χ2v) is 3.85. The molecule has 0 aromatic heterocycles. The van der Waals surface area contributed by atoms with Gasteiger partial charge in [0.2, 0.25) is 0 Å². The quantitative estimate of drug-likeness (QED) is 0.709. The molecule has 0 fully saturated rings. The lowest BCUT2D eigenvalue weighted by atomic mass is 10.0. The molecule has 0 saturated carbocycles. The van der Waals surface area contributed by atoms with Crippen LogP contribution >= 0.6 is 23.2 Å². The van der Waals surface area contributed by atoms with Crippen LogP contribution in [0.5, 0.6) is 5.75 Å². The molecule has 0 aliphatic heterocycles. The Labute approximate surface area is 95.0 Å². The van der Waals surface area contributed by atoms with E-state index < -0.39 is 0 Å². The smallest absolute Gasteiger partial charge is 0.119 e. The average molecular weight is 233 g/mol. The second-order valence-electron chi connectivity index (χ2n) is 3.23. The van der Waals surface area contributed by atoms with Crippen molar-refractivity contribution < 1.29 is 4.74 Å². The SMILES string of the molecule is COc1cccc(CC(CCl)CCl)c1. The average Bonchev–Trinajstić information content (AvgIpc) is 2.26. The summed E-state index contributed by atoms with van der Waals surface area (Å²) in [6.07, 6.45) is 0.907. The van der Waals surface area contributed by atoms with Crippen LogP contribution in [0.3, 0.4) is 0 Å². The summed E-state index contributed by atoms with van der Waals surface area (Å²) in [6.45, 7) is 0. The topological polar surface area (TPSA) is 9.23 Å². The number of hydrogen-bond donors (Lipinski definition) is 0. The number of benzene rings is 1. The summed E-state index contributed by atoms with van der Waals surface area (Å²) in [5.41, 5.74) is 1.22. The normalized spacial score (nSPS) is 10.6. The molecule has 0 bridgehead atoms. The van der Waals surface area contributed by atoms with Gasteiger partial charge in [0.05, 0.1) is 7.11 Å². The lowest BCUT2D eigenvalue weighted by Crippen LogP contribution is -2.07. The van der Waals surface area contributed by atoms with Gasteiger partial charge < -0.3 is 4.74 Å². The van der Waals surface area contributed by atoms with Crippen molar-refractivity contribution >= 4 is 23.2 Å². The first-order valence-corrected chi connectivity index (χ1v) is 5.62. The lowest BCUT2D eigenvalue weighted by Gasteiger charge is -2.10. The molecule has 0 N–H and O–H groups in total. The summed E-state index contributed by atoms with van der Waals surface area (Å²) in [6, 6.07) is 7.99. The number of methoxy groups -OCH3 is 1. The number of ether oxygens (including phenoxy) is 1. The minimum atomic E-state index is 0.338. The highest BCUT2D eigenvalue weighted by molar-refractivity contribution is 6.20. The number of halogens is 2. The van der Waals surface area contributed by atoms with Crippen LogP contribution in [0, 0.1) is 5.92 Å². The molecule has 0 saturated heterocycles. The molecule has 0 atom stereocenters. The van der Waals surface area contributed by atoms with E-state index in [-0.39, 0.29) is 0 Å². The van der Waals surface area contributed by atoms with Gasteiger partial charge in [-0.25, -0.2) is 0 Å². The van der Waals surface area contributed by atoms with Crippen molar-refractivity contribution in [3.8, 4) is 5.75 Å². The Morgan fingerprint density at radius 3 is 2.57 bits per heavy atom. The van der Waals surface area contributed by atoms with E-state index in [4.69, 9.17) is 27.9 Å². The van der Waals surface area contributed by atoms with Gasteiger partial charge in [0.25, 0.3) is 0 Å². The Morgan fingerprint density at radius 2 is 2.00 bits per heavy atom. The predicted octanol–water partition coefficient (Wildman–Crippen LogP) is 3.33. The second kappa shape index (κ2) is 6.15. The van der Waals surface area contributed by atoms with Crippen LogP contribution in [0.2, 0.25) is 0 Å². The minimum absolute atomic E-state index is 0.338. The van der Waals surface area contributed by atoms with Crippen LogP contribution in [0.4, 0.5) is 0 Å². The molecule has 0 amide bonds. The Kier molecular flexibility index (Phi) is 5.13. The Hall–Kier alpha value is -0.400. The summed E-state index contributed by atoms with van der Waals surface area (Å²) >= 11 is 11.6. The van der Waals surface area contributed by atoms with Gasteiger partial charge in [0.1, 0.15) is 5.75 Å². The summed E-state index contributed by atoms with van der Waals surface area (Å²) in [7, 11) is 1.67. The van der Waals surface area contributed by atoms with E-state index in [9.17, 15) is 0 Å². The summed E-state index contributed by atoms with van der Waals surface area (Å²) in [4.78, 5) is 0. The van der Waals surface area contributed by atoms with E-state index in [2.05, 4.69) is 6.07 Å². The van der Waals surface area contributed by atoms with Crippen LogP contribution in [0.15, 0.2) is 24.3 Å². The van der Waals surface area contributed by atoms with Crippen LogP contribution in [-0.2, 0) is 6.42 Å². The maximum Gasteiger partial charge on any atom is 0.119 e. The predicted molar refractivity (Wildman–Crippen MR) is 61.6 cm³/mol. The summed E-state index contributed by atoms with van der Waals surface area (Å²) in [5.74, 6) is 2.41. The van der Waals surface area contributed by atoms with E-state index >= 15 is 0 Å². The van der Waals surface area contributed by atoms with Crippen molar-refractivity contribution in [3.63, 3.8) is 0 Å². The number of hydrogen-bond acceptors (Lipinski definition) is 1. The van der Waals surface area contributed by atoms with Crippen molar-refractivity contribution in [2.45, 2.75) is 6.42 Å². The van der Waals surface area contributed by atoms with E-state index in [0.717, 1.165) is 12.2 Å². The van der Waals surface area contributed by atoms with E-state index in [1.807, 2.05) is 18.2 Å². The molecule has 0 radical (unpaired) electrons. The fraction of sp³-hybridized carbons (Fsp3) is 0.455. The highest BCUT2D eigenvalue weighted by Gasteiger charge is 2.07. The van der Waals surface area contributed by atoms with Crippen molar-refractivity contribution in [2.75, 3.05) is 18.9 Å². The summed E-state index contributed by atoms with van der Waals surface area (Å²) in [5, 5.41) is 0. The Balaban J connectivity index is 2.65. The molecule has 1 aromatic rings. The van der Waals surface area contributed by atoms with Crippen LogP contribution in [0.25, 0.3) is 0 Å². The fourth-order valence-electron chi connectivity index (χ4n) is 1.28. The van der Waals surface area contributed by atoms with Crippen molar-refractivity contribution in [3.05, 3.63) is 29.8 Å². The highest BCUT2D eigenvalue weighted by Crippen LogP contribution is 2.17. The first-order valence-electron chi connectivity index (χ1n) is 4.55. The molecule has 0 aliphatic carbocycles.